The first-order chi connectivity index (χ1) is 8.87. The molecule has 8 heteroatoms. The second-order valence-corrected chi connectivity index (χ2v) is 6.17. The molecule has 0 atom stereocenters. The molecule has 0 aliphatic rings. The Bertz CT molecular complexity index is 583. The fraction of sp³-hybridized carbons (Fsp3) is 0.364. The molecule has 0 unspecified atom stereocenters. The Labute approximate surface area is 110 Å². The van der Waals surface area contributed by atoms with Gasteiger partial charge in [0.05, 0.1) is 11.3 Å². The highest BCUT2D eigenvalue weighted by Gasteiger charge is 2.17. The highest BCUT2D eigenvalue weighted by molar-refractivity contribution is 7.91. The van der Waals surface area contributed by atoms with Crippen LogP contribution < -0.4 is 5.32 Å². The van der Waals surface area contributed by atoms with Gasteiger partial charge >= 0.3 is 5.97 Å². The van der Waals surface area contributed by atoms with E-state index in [4.69, 9.17) is 5.11 Å². The molecule has 0 fully saturated rings. The predicted octanol–water partition coefficient (Wildman–Crippen LogP) is -0.0557. The van der Waals surface area contributed by atoms with Crippen molar-refractivity contribution >= 4 is 21.7 Å². The van der Waals surface area contributed by atoms with Gasteiger partial charge in [-0.15, -0.1) is 0 Å². The fourth-order valence-electron chi connectivity index (χ4n) is 1.31. The average molecular weight is 286 g/mol. The van der Waals surface area contributed by atoms with Gasteiger partial charge < -0.3 is 10.4 Å². The molecule has 0 saturated heterocycles. The maximum absolute atomic E-state index is 11.7. The van der Waals surface area contributed by atoms with Crippen molar-refractivity contribution in [1.82, 2.24) is 10.3 Å². The minimum atomic E-state index is -3.18. The van der Waals surface area contributed by atoms with Crippen LogP contribution in [0.4, 0.5) is 0 Å². The van der Waals surface area contributed by atoms with Crippen molar-refractivity contribution in [3.8, 4) is 0 Å². The van der Waals surface area contributed by atoms with Crippen LogP contribution in [0, 0.1) is 0 Å². The monoisotopic (exact) mass is 286 g/mol. The van der Waals surface area contributed by atoms with Crippen molar-refractivity contribution in [2.75, 3.05) is 18.1 Å². The molecule has 0 bridgehead atoms. The summed E-state index contributed by atoms with van der Waals surface area (Å²) >= 11 is 0. The van der Waals surface area contributed by atoms with Gasteiger partial charge in [0.15, 0.2) is 9.84 Å². The van der Waals surface area contributed by atoms with Crippen LogP contribution >= 0.6 is 0 Å². The summed E-state index contributed by atoms with van der Waals surface area (Å²) in [5, 5.41) is 11.2. The number of carboxylic acids is 1. The summed E-state index contributed by atoms with van der Waals surface area (Å²) in [5.41, 5.74) is -0.456. The minimum Gasteiger partial charge on any atom is -0.478 e. The Hall–Kier alpha value is -1.96. The number of pyridine rings is 1. The van der Waals surface area contributed by atoms with Crippen LogP contribution in [0.1, 0.15) is 27.8 Å². The SMILES string of the molecule is CCS(=O)(=O)CCNC(=O)c1ncccc1C(=O)O. The van der Waals surface area contributed by atoms with Crippen LogP contribution in [0.15, 0.2) is 18.3 Å². The predicted molar refractivity (Wildman–Crippen MR) is 67.9 cm³/mol. The summed E-state index contributed by atoms with van der Waals surface area (Å²) in [6.07, 6.45) is 1.30. The van der Waals surface area contributed by atoms with Gasteiger partial charge in [0.1, 0.15) is 5.69 Å². The van der Waals surface area contributed by atoms with Crippen LogP contribution in [-0.2, 0) is 9.84 Å². The van der Waals surface area contributed by atoms with Crippen molar-refractivity contribution in [1.29, 1.82) is 0 Å². The molecular weight excluding hydrogens is 272 g/mol. The van der Waals surface area contributed by atoms with E-state index in [-0.39, 0.29) is 29.3 Å². The van der Waals surface area contributed by atoms with E-state index in [1.165, 1.54) is 25.3 Å². The summed E-state index contributed by atoms with van der Waals surface area (Å²) in [6, 6.07) is 2.66. The van der Waals surface area contributed by atoms with Crippen LogP contribution in [0.3, 0.4) is 0 Å². The molecule has 0 spiro atoms. The number of rotatable bonds is 6. The molecule has 7 nitrogen and oxygen atoms in total. The molecule has 0 aromatic carbocycles. The van der Waals surface area contributed by atoms with E-state index >= 15 is 0 Å². The second-order valence-electron chi connectivity index (χ2n) is 3.70. The van der Waals surface area contributed by atoms with Gasteiger partial charge in [0.25, 0.3) is 5.91 Å². The zero-order chi connectivity index (χ0) is 14.5. The third kappa shape index (κ3) is 4.32. The number of carbonyl (C=O) groups is 2. The van der Waals surface area contributed by atoms with Gasteiger partial charge in [-0.1, -0.05) is 6.92 Å². The van der Waals surface area contributed by atoms with E-state index in [1.807, 2.05) is 0 Å². The van der Waals surface area contributed by atoms with E-state index in [2.05, 4.69) is 10.3 Å². The van der Waals surface area contributed by atoms with Crippen molar-refractivity contribution in [2.45, 2.75) is 6.92 Å². The third-order valence-corrected chi connectivity index (χ3v) is 4.10. The van der Waals surface area contributed by atoms with E-state index in [0.29, 0.717) is 0 Å². The Morgan fingerprint density at radius 3 is 2.68 bits per heavy atom. The maximum Gasteiger partial charge on any atom is 0.338 e. The lowest BCUT2D eigenvalue weighted by atomic mass is 10.2. The van der Waals surface area contributed by atoms with Gasteiger partial charge in [-0.25, -0.2) is 13.2 Å². The number of carboxylic acid groups (broad SMARTS) is 1. The fourth-order valence-corrected chi connectivity index (χ4v) is 2.01. The molecule has 1 aromatic heterocycles. The zero-order valence-corrected chi connectivity index (χ0v) is 11.1. The smallest absolute Gasteiger partial charge is 0.338 e. The number of carbonyl (C=O) groups excluding carboxylic acids is 1. The number of sulfone groups is 1. The van der Waals surface area contributed by atoms with Gasteiger partial charge in [-0.2, -0.15) is 0 Å². The summed E-state index contributed by atoms with van der Waals surface area (Å²) in [6.45, 7) is 1.43. The summed E-state index contributed by atoms with van der Waals surface area (Å²) in [5.74, 6) is -2.17. The number of aromatic carboxylic acids is 1. The lowest BCUT2D eigenvalue weighted by Crippen LogP contribution is -2.31. The molecular formula is C11H14N2O5S. The van der Waals surface area contributed by atoms with E-state index in [9.17, 15) is 18.0 Å². The molecule has 104 valence electrons. The standard InChI is InChI=1S/C11H14N2O5S/c1-2-19(17,18)7-6-13-10(14)9-8(11(15)16)4-3-5-12-9/h3-5H,2,6-7H2,1H3,(H,13,14)(H,15,16). The number of nitrogens with zero attached hydrogens (tertiary/aromatic N) is 1. The molecule has 0 saturated carbocycles. The molecule has 0 radical (unpaired) electrons. The van der Waals surface area contributed by atoms with Crippen molar-refractivity contribution in [3.05, 3.63) is 29.6 Å². The van der Waals surface area contributed by atoms with E-state index < -0.39 is 21.7 Å². The zero-order valence-electron chi connectivity index (χ0n) is 10.3. The topological polar surface area (TPSA) is 113 Å². The summed E-state index contributed by atoms with van der Waals surface area (Å²) in [7, 11) is -3.18. The van der Waals surface area contributed by atoms with E-state index in [0.717, 1.165) is 0 Å². The molecule has 1 aromatic rings. The number of hydrogen-bond acceptors (Lipinski definition) is 5. The normalized spacial score (nSPS) is 11.0. The minimum absolute atomic E-state index is 0.00711. The Morgan fingerprint density at radius 2 is 2.11 bits per heavy atom. The number of hydrogen-bond donors (Lipinski definition) is 2. The Kier molecular flexibility index (Phi) is 4.99. The van der Waals surface area contributed by atoms with Crippen molar-refractivity contribution in [3.63, 3.8) is 0 Å². The van der Waals surface area contributed by atoms with Crippen molar-refractivity contribution in [2.24, 2.45) is 0 Å². The first kappa shape index (κ1) is 15.1. The molecule has 0 aliphatic carbocycles. The highest BCUT2D eigenvalue weighted by Crippen LogP contribution is 2.05. The van der Waals surface area contributed by atoms with Crippen molar-refractivity contribution < 1.29 is 23.1 Å². The number of amides is 1. The maximum atomic E-state index is 11.7. The summed E-state index contributed by atoms with van der Waals surface area (Å²) < 4.78 is 22.5. The van der Waals surface area contributed by atoms with E-state index in [1.54, 1.807) is 0 Å². The number of aromatic nitrogens is 1. The third-order valence-electron chi connectivity index (χ3n) is 2.39. The van der Waals surface area contributed by atoms with Gasteiger partial charge in [-0.05, 0) is 12.1 Å². The quantitative estimate of drug-likeness (QED) is 0.757. The number of nitrogens with one attached hydrogen (secondary N) is 1. The second kappa shape index (κ2) is 6.28. The lowest BCUT2D eigenvalue weighted by molar-refractivity contribution is 0.0690. The first-order valence-corrected chi connectivity index (χ1v) is 7.36. The Balaban J connectivity index is 2.72. The van der Waals surface area contributed by atoms with Crippen LogP contribution in [-0.4, -0.2) is 48.4 Å². The Morgan fingerprint density at radius 1 is 1.42 bits per heavy atom. The van der Waals surface area contributed by atoms with Gasteiger partial charge in [0.2, 0.25) is 0 Å². The molecule has 19 heavy (non-hydrogen) atoms. The molecule has 2 N–H and O–H groups in total. The molecule has 1 heterocycles. The molecule has 1 rings (SSSR count). The average Bonchev–Trinajstić information content (AvgIpc) is 2.38. The van der Waals surface area contributed by atoms with Crippen LogP contribution in [0.25, 0.3) is 0 Å². The lowest BCUT2D eigenvalue weighted by Gasteiger charge is -2.06. The molecule has 0 aliphatic heterocycles. The van der Waals surface area contributed by atoms with Crippen LogP contribution in [0.2, 0.25) is 0 Å². The summed E-state index contributed by atoms with van der Waals surface area (Å²) in [4.78, 5) is 26.3. The van der Waals surface area contributed by atoms with Gasteiger partial charge in [0, 0.05) is 18.5 Å². The van der Waals surface area contributed by atoms with Gasteiger partial charge in [-0.3, -0.25) is 9.78 Å². The largest absolute Gasteiger partial charge is 0.478 e. The van der Waals surface area contributed by atoms with Crippen LogP contribution in [0.5, 0.6) is 0 Å². The highest BCUT2D eigenvalue weighted by atomic mass is 32.2. The molecule has 1 amide bonds. The first-order valence-electron chi connectivity index (χ1n) is 5.54.